The second-order valence-corrected chi connectivity index (χ2v) is 5.90. The number of para-hydroxylation sites is 1. The van der Waals surface area contributed by atoms with Gasteiger partial charge in [-0.2, -0.15) is 0 Å². The summed E-state index contributed by atoms with van der Waals surface area (Å²) >= 11 is 0. The van der Waals surface area contributed by atoms with Gasteiger partial charge in [-0.3, -0.25) is 0 Å². The van der Waals surface area contributed by atoms with Gasteiger partial charge in [0.25, 0.3) is 0 Å². The van der Waals surface area contributed by atoms with E-state index in [0.717, 1.165) is 32.6 Å². The highest BCUT2D eigenvalue weighted by Crippen LogP contribution is 2.36. The van der Waals surface area contributed by atoms with Crippen molar-refractivity contribution in [1.29, 1.82) is 0 Å². The van der Waals surface area contributed by atoms with E-state index >= 15 is 0 Å². The molecule has 1 aromatic heterocycles. The summed E-state index contributed by atoms with van der Waals surface area (Å²) in [6.07, 6.45) is 8.52. The van der Waals surface area contributed by atoms with Crippen molar-refractivity contribution in [2.45, 2.75) is 31.7 Å². The van der Waals surface area contributed by atoms with Crippen LogP contribution >= 0.6 is 0 Å². The minimum Gasteiger partial charge on any atom is -0.384 e. The standard InChI is InChI=1S/C17H21N3O/c1-3-13-4-2-8-19-17(13)15(5-1)16-11-18-12-20(16)14-6-9-21-10-7-14/h1,3,5,11-12,14,19H,2,4,6-10H2. The van der Waals surface area contributed by atoms with Crippen LogP contribution in [0.15, 0.2) is 30.7 Å². The summed E-state index contributed by atoms with van der Waals surface area (Å²) < 4.78 is 7.83. The number of ether oxygens (including phenoxy) is 1. The van der Waals surface area contributed by atoms with Crippen LogP contribution in [0, 0.1) is 0 Å². The number of nitrogens with one attached hydrogen (secondary N) is 1. The molecule has 4 rings (SSSR count). The zero-order valence-corrected chi connectivity index (χ0v) is 12.2. The summed E-state index contributed by atoms with van der Waals surface area (Å²) in [6.45, 7) is 2.77. The van der Waals surface area contributed by atoms with E-state index in [1.807, 2.05) is 12.5 Å². The Morgan fingerprint density at radius 1 is 1.24 bits per heavy atom. The SMILES string of the molecule is c1cc2c(c(-c3cncn3C3CCOCC3)c1)NCCC2. The van der Waals surface area contributed by atoms with Gasteiger partial charge in [-0.15, -0.1) is 0 Å². The molecule has 0 aliphatic carbocycles. The maximum absolute atomic E-state index is 5.49. The van der Waals surface area contributed by atoms with E-state index in [4.69, 9.17) is 4.74 Å². The fraction of sp³-hybridized carbons (Fsp3) is 0.471. The second-order valence-electron chi connectivity index (χ2n) is 5.90. The van der Waals surface area contributed by atoms with Crippen molar-refractivity contribution >= 4 is 5.69 Å². The van der Waals surface area contributed by atoms with Crippen LogP contribution in [0.25, 0.3) is 11.3 Å². The van der Waals surface area contributed by atoms with Gasteiger partial charge in [0, 0.05) is 37.1 Å². The van der Waals surface area contributed by atoms with Gasteiger partial charge >= 0.3 is 0 Å². The highest BCUT2D eigenvalue weighted by molar-refractivity contribution is 5.79. The topological polar surface area (TPSA) is 39.1 Å². The van der Waals surface area contributed by atoms with E-state index in [1.54, 1.807) is 0 Å². The molecule has 0 atom stereocenters. The van der Waals surface area contributed by atoms with E-state index in [1.165, 1.54) is 35.3 Å². The molecule has 0 amide bonds. The van der Waals surface area contributed by atoms with E-state index in [9.17, 15) is 0 Å². The molecule has 1 aromatic carbocycles. The molecular formula is C17H21N3O. The van der Waals surface area contributed by atoms with Crippen LogP contribution in [0.2, 0.25) is 0 Å². The first-order valence-corrected chi connectivity index (χ1v) is 7.89. The average Bonchev–Trinajstić information content (AvgIpc) is 3.04. The maximum atomic E-state index is 5.49. The quantitative estimate of drug-likeness (QED) is 0.919. The molecule has 3 heterocycles. The molecule has 0 spiro atoms. The molecule has 4 heteroatoms. The van der Waals surface area contributed by atoms with Crippen LogP contribution in [-0.4, -0.2) is 29.3 Å². The molecule has 0 bridgehead atoms. The van der Waals surface area contributed by atoms with E-state index in [-0.39, 0.29) is 0 Å². The number of fused-ring (bicyclic) bond motifs is 1. The van der Waals surface area contributed by atoms with Crippen molar-refractivity contribution in [3.05, 3.63) is 36.3 Å². The van der Waals surface area contributed by atoms with Crippen molar-refractivity contribution in [2.75, 3.05) is 25.1 Å². The molecule has 2 aliphatic rings. The molecule has 2 aliphatic heterocycles. The molecule has 2 aromatic rings. The molecule has 110 valence electrons. The van der Waals surface area contributed by atoms with Crippen LogP contribution < -0.4 is 5.32 Å². The van der Waals surface area contributed by atoms with Crippen molar-refractivity contribution < 1.29 is 4.74 Å². The van der Waals surface area contributed by atoms with E-state index in [0.29, 0.717) is 6.04 Å². The second kappa shape index (κ2) is 5.53. The van der Waals surface area contributed by atoms with Crippen LogP contribution in [0.5, 0.6) is 0 Å². The van der Waals surface area contributed by atoms with Gasteiger partial charge in [0.05, 0.1) is 18.2 Å². The van der Waals surface area contributed by atoms with Gasteiger partial charge in [-0.1, -0.05) is 18.2 Å². The van der Waals surface area contributed by atoms with Crippen LogP contribution in [0.1, 0.15) is 30.9 Å². The van der Waals surface area contributed by atoms with E-state index in [2.05, 4.69) is 33.1 Å². The Morgan fingerprint density at radius 2 is 2.14 bits per heavy atom. The molecule has 0 radical (unpaired) electrons. The number of imidazole rings is 1. The number of rotatable bonds is 2. The number of anilines is 1. The summed E-state index contributed by atoms with van der Waals surface area (Å²) in [5.41, 5.74) is 5.25. The number of aryl methyl sites for hydroxylation is 1. The minimum atomic E-state index is 0.510. The number of nitrogens with zero attached hydrogens (tertiary/aromatic N) is 2. The summed E-state index contributed by atoms with van der Waals surface area (Å²) in [5.74, 6) is 0. The number of benzene rings is 1. The van der Waals surface area contributed by atoms with Gasteiger partial charge in [0.15, 0.2) is 0 Å². The van der Waals surface area contributed by atoms with Crippen LogP contribution in [-0.2, 0) is 11.2 Å². The molecule has 4 nitrogen and oxygen atoms in total. The third-order valence-electron chi connectivity index (χ3n) is 4.60. The molecule has 21 heavy (non-hydrogen) atoms. The predicted octanol–water partition coefficient (Wildman–Crippen LogP) is 3.26. The Balaban J connectivity index is 1.76. The van der Waals surface area contributed by atoms with Crippen molar-refractivity contribution in [3.8, 4) is 11.3 Å². The Kier molecular flexibility index (Phi) is 3.39. The van der Waals surface area contributed by atoms with Crippen LogP contribution in [0.3, 0.4) is 0 Å². The van der Waals surface area contributed by atoms with Gasteiger partial charge in [0.1, 0.15) is 0 Å². The predicted molar refractivity (Wildman–Crippen MR) is 83.6 cm³/mol. The number of hydrogen-bond donors (Lipinski definition) is 1. The zero-order chi connectivity index (χ0) is 14.1. The highest BCUT2D eigenvalue weighted by Gasteiger charge is 2.21. The molecule has 0 saturated carbocycles. The molecular weight excluding hydrogens is 262 g/mol. The fourth-order valence-corrected chi connectivity index (χ4v) is 3.49. The van der Waals surface area contributed by atoms with Crippen molar-refractivity contribution in [3.63, 3.8) is 0 Å². The Morgan fingerprint density at radius 3 is 3.05 bits per heavy atom. The third kappa shape index (κ3) is 2.33. The minimum absolute atomic E-state index is 0.510. The van der Waals surface area contributed by atoms with Gasteiger partial charge < -0.3 is 14.6 Å². The first-order chi connectivity index (χ1) is 10.4. The molecule has 1 saturated heterocycles. The fourth-order valence-electron chi connectivity index (χ4n) is 3.49. The van der Waals surface area contributed by atoms with Gasteiger partial charge in [0.2, 0.25) is 0 Å². The number of aromatic nitrogens is 2. The van der Waals surface area contributed by atoms with E-state index < -0.39 is 0 Å². The Labute approximate surface area is 125 Å². The molecule has 0 unspecified atom stereocenters. The normalized spacial score (nSPS) is 19.0. The average molecular weight is 283 g/mol. The first-order valence-electron chi connectivity index (χ1n) is 7.89. The van der Waals surface area contributed by atoms with Crippen molar-refractivity contribution in [1.82, 2.24) is 9.55 Å². The lowest BCUT2D eigenvalue weighted by molar-refractivity contribution is 0.0699. The van der Waals surface area contributed by atoms with Crippen molar-refractivity contribution in [2.24, 2.45) is 0 Å². The molecule has 1 fully saturated rings. The Bertz CT molecular complexity index is 629. The Hall–Kier alpha value is -1.81. The maximum Gasteiger partial charge on any atom is 0.0953 e. The third-order valence-corrected chi connectivity index (χ3v) is 4.60. The number of hydrogen-bond acceptors (Lipinski definition) is 3. The van der Waals surface area contributed by atoms with Crippen LogP contribution in [0.4, 0.5) is 5.69 Å². The largest absolute Gasteiger partial charge is 0.384 e. The summed E-state index contributed by atoms with van der Waals surface area (Å²) in [5, 5.41) is 3.58. The lowest BCUT2D eigenvalue weighted by Crippen LogP contribution is -2.20. The monoisotopic (exact) mass is 283 g/mol. The summed E-state index contributed by atoms with van der Waals surface area (Å²) in [6, 6.07) is 7.13. The highest BCUT2D eigenvalue weighted by atomic mass is 16.5. The lowest BCUT2D eigenvalue weighted by Gasteiger charge is -2.27. The molecule has 1 N–H and O–H groups in total. The van der Waals surface area contributed by atoms with Gasteiger partial charge in [-0.05, 0) is 31.2 Å². The first kappa shape index (κ1) is 12.9. The smallest absolute Gasteiger partial charge is 0.0953 e. The summed E-state index contributed by atoms with van der Waals surface area (Å²) in [7, 11) is 0. The zero-order valence-electron chi connectivity index (χ0n) is 12.2. The van der Waals surface area contributed by atoms with Gasteiger partial charge in [-0.25, -0.2) is 4.98 Å². The summed E-state index contributed by atoms with van der Waals surface area (Å²) in [4.78, 5) is 4.42. The lowest BCUT2D eigenvalue weighted by atomic mass is 9.97.